The first-order chi connectivity index (χ1) is 11.9. The van der Waals surface area contributed by atoms with Gasteiger partial charge in [-0.05, 0) is 60.0 Å². The quantitative estimate of drug-likeness (QED) is 0.599. The van der Waals surface area contributed by atoms with Crippen LogP contribution in [-0.2, 0) is 13.0 Å². The van der Waals surface area contributed by atoms with Gasteiger partial charge in [0.15, 0.2) is 4.77 Å². The van der Waals surface area contributed by atoms with Gasteiger partial charge in [0.05, 0.1) is 22.4 Å². The normalized spacial score (nSPS) is 12.5. The lowest BCUT2D eigenvalue weighted by atomic mass is 10.1. The molecule has 0 saturated heterocycles. The summed E-state index contributed by atoms with van der Waals surface area (Å²) in [5.74, 6) is 1.08. The summed E-state index contributed by atoms with van der Waals surface area (Å²) in [5, 5.41) is 12.1. The van der Waals surface area contributed by atoms with Crippen LogP contribution in [0, 0.1) is 18.6 Å². The van der Waals surface area contributed by atoms with Crippen LogP contribution in [0.2, 0.25) is 0 Å². The summed E-state index contributed by atoms with van der Waals surface area (Å²) in [4.78, 5) is 0. The maximum absolute atomic E-state index is 5.51. The molecule has 0 fully saturated rings. The molecule has 1 N–H and O–H groups in total. The van der Waals surface area contributed by atoms with E-state index >= 15 is 0 Å². The number of nitrogens with zero attached hydrogens (tertiary/aromatic N) is 4. The van der Waals surface area contributed by atoms with Crippen LogP contribution in [0.15, 0.2) is 28.7 Å². The number of aromatic nitrogens is 5. The molecule has 7 heteroatoms. The smallest absolute Gasteiger partial charge is 0.199 e. The van der Waals surface area contributed by atoms with Gasteiger partial charge < -0.3 is 0 Å². The molecule has 3 rings (SSSR count). The summed E-state index contributed by atoms with van der Waals surface area (Å²) in [5.41, 5.74) is 4.47. The topological polar surface area (TPSA) is 51.4 Å². The molecule has 1 atom stereocenters. The van der Waals surface area contributed by atoms with Crippen LogP contribution in [0.4, 0.5) is 0 Å². The Hall–Kier alpha value is -1.73. The minimum atomic E-state index is 0.155. The van der Waals surface area contributed by atoms with Crippen molar-refractivity contribution in [2.24, 2.45) is 0 Å². The third-order valence-corrected chi connectivity index (χ3v) is 5.91. The van der Waals surface area contributed by atoms with Gasteiger partial charge in [-0.25, -0.2) is 0 Å². The molecule has 132 valence electrons. The van der Waals surface area contributed by atoms with E-state index < -0.39 is 0 Å². The Kier molecular flexibility index (Phi) is 5.24. The Labute approximate surface area is 161 Å². The largest absolute Gasteiger partial charge is 0.272 e. The third-order valence-electron chi connectivity index (χ3n) is 4.49. The molecule has 0 unspecified atom stereocenters. The van der Waals surface area contributed by atoms with E-state index in [9.17, 15) is 0 Å². The fourth-order valence-corrected chi connectivity index (χ4v) is 3.62. The molecular weight excluding hydrogens is 398 g/mol. The molecule has 2 aromatic heterocycles. The van der Waals surface area contributed by atoms with Crippen molar-refractivity contribution in [3.63, 3.8) is 0 Å². The highest BCUT2D eigenvalue weighted by Gasteiger charge is 2.19. The highest BCUT2D eigenvalue weighted by Crippen LogP contribution is 2.25. The van der Waals surface area contributed by atoms with E-state index in [1.807, 2.05) is 17.7 Å². The van der Waals surface area contributed by atoms with Crippen molar-refractivity contribution in [3.05, 3.63) is 56.3 Å². The summed E-state index contributed by atoms with van der Waals surface area (Å²) in [6, 6.07) is 8.33. The van der Waals surface area contributed by atoms with Gasteiger partial charge in [0.2, 0.25) is 0 Å². The zero-order valence-corrected chi connectivity index (χ0v) is 17.3. The molecule has 5 nitrogen and oxygen atoms in total. The van der Waals surface area contributed by atoms with Crippen molar-refractivity contribution in [1.29, 1.82) is 0 Å². The second-order valence-corrected chi connectivity index (χ2v) is 7.45. The number of hydrogen-bond acceptors (Lipinski definition) is 3. The van der Waals surface area contributed by atoms with E-state index in [1.165, 1.54) is 5.56 Å². The van der Waals surface area contributed by atoms with Crippen molar-refractivity contribution in [3.8, 4) is 5.69 Å². The number of halogens is 1. The van der Waals surface area contributed by atoms with Crippen LogP contribution < -0.4 is 0 Å². The molecular formula is C18H22BrN5S. The lowest BCUT2D eigenvalue weighted by Gasteiger charge is -2.16. The van der Waals surface area contributed by atoms with Gasteiger partial charge >= 0.3 is 0 Å². The van der Waals surface area contributed by atoms with Crippen LogP contribution in [0.3, 0.4) is 0 Å². The summed E-state index contributed by atoms with van der Waals surface area (Å²) in [7, 11) is 0. The van der Waals surface area contributed by atoms with Crippen molar-refractivity contribution >= 4 is 28.1 Å². The summed E-state index contributed by atoms with van der Waals surface area (Å²) in [6.07, 6.45) is 0.946. The van der Waals surface area contributed by atoms with Crippen molar-refractivity contribution in [2.75, 3.05) is 0 Å². The number of para-hydroxylation sites is 1. The number of hydrogen-bond donors (Lipinski definition) is 1. The number of benzene rings is 1. The first-order valence-corrected chi connectivity index (χ1v) is 9.59. The van der Waals surface area contributed by atoms with Crippen molar-refractivity contribution < 1.29 is 0 Å². The van der Waals surface area contributed by atoms with Gasteiger partial charge in [-0.3, -0.25) is 14.3 Å². The molecule has 0 aliphatic rings. The van der Waals surface area contributed by atoms with Gasteiger partial charge in [0.25, 0.3) is 0 Å². The second kappa shape index (κ2) is 7.25. The summed E-state index contributed by atoms with van der Waals surface area (Å²) in [6.45, 7) is 9.12. The maximum Gasteiger partial charge on any atom is 0.199 e. The van der Waals surface area contributed by atoms with Gasteiger partial charge in [0, 0.05) is 11.6 Å². The molecule has 0 bridgehead atoms. The van der Waals surface area contributed by atoms with Crippen molar-refractivity contribution in [2.45, 2.75) is 46.6 Å². The molecule has 0 saturated carbocycles. The van der Waals surface area contributed by atoms with E-state index in [0.717, 1.165) is 40.3 Å². The predicted molar refractivity (Wildman–Crippen MR) is 106 cm³/mol. The van der Waals surface area contributed by atoms with Gasteiger partial charge in [-0.15, -0.1) is 0 Å². The fourth-order valence-electron chi connectivity index (χ4n) is 3.09. The number of rotatable bonds is 5. The zero-order chi connectivity index (χ0) is 18.1. The molecule has 0 aliphatic carbocycles. The lowest BCUT2D eigenvalue weighted by molar-refractivity contribution is 0.506. The van der Waals surface area contributed by atoms with Crippen LogP contribution in [0.5, 0.6) is 0 Å². The Balaban J connectivity index is 2.01. The Morgan fingerprint density at radius 1 is 1.28 bits per heavy atom. The fraction of sp³-hybridized carbons (Fsp3) is 0.389. The van der Waals surface area contributed by atoms with Gasteiger partial charge in [-0.1, -0.05) is 32.0 Å². The van der Waals surface area contributed by atoms with Crippen molar-refractivity contribution in [1.82, 2.24) is 24.5 Å². The van der Waals surface area contributed by atoms with E-state index in [0.29, 0.717) is 4.77 Å². The zero-order valence-electron chi connectivity index (χ0n) is 14.9. The molecule has 1 aromatic carbocycles. The monoisotopic (exact) mass is 419 g/mol. The minimum absolute atomic E-state index is 0.155. The molecule has 2 heterocycles. The van der Waals surface area contributed by atoms with Crippen LogP contribution in [-0.4, -0.2) is 24.5 Å². The number of nitrogens with one attached hydrogen (secondary N) is 1. The average Bonchev–Trinajstić information content (AvgIpc) is 3.10. The maximum atomic E-state index is 5.51. The summed E-state index contributed by atoms with van der Waals surface area (Å²) >= 11 is 9.11. The molecule has 0 radical (unpaired) electrons. The first kappa shape index (κ1) is 18.1. The van der Waals surface area contributed by atoms with Crippen LogP contribution >= 0.6 is 28.1 Å². The van der Waals surface area contributed by atoms with E-state index in [4.69, 9.17) is 12.2 Å². The first-order valence-electron chi connectivity index (χ1n) is 8.39. The van der Waals surface area contributed by atoms with Crippen LogP contribution in [0.25, 0.3) is 5.69 Å². The predicted octanol–water partition coefficient (Wildman–Crippen LogP) is 4.87. The average molecular weight is 420 g/mol. The Morgan fingerprint density at radius 2 is 2.00 bits per heavy atom. The molecule has 25 heavy (non-hydrogen) atoms. The lowest BCUT2D eigenvalue weighted by Crippen LogP contribution is -2.14. The minimum Gasteiger partial charge on any atom is -0.272 e. The summed E-state index contributed by atoms with van der Waals surface area (Å²) < 4.78 is 5.77. The Morgan fingerprint density at radius 3 is 2.64 bits per heavy atom. The molecule has 0 spiro atoms. The number of aryl methyl sites for hydroxylation is 2. The van der Waals surface area contributed by atoms with E-state index in [1.54, 1.807) is 0 Å². The van der Waals surface area contributed by atoms with Gasteiger partial charge in [0.1, 0.15) is 5.82 Å². The highest BCUT2D eigenvalue weighted by atomic mass is 79.9. The number of H-pyrrole nitrogens is 1. The van der Waals surface area contributed by atoms with Crippen LogP contribution in [0.1, 0.15) is 42.5 Å². The van der Waals surface area contributed by atoms with E-state index in [2.05, 4.69) is 74.8 Å². The highest BCUT2D eigenvalue weighted by molar-refractivity contribution is 9.10. The third kappa shape index (κ3) is 3.35. The van der Waals surface area contributed by atoms with E-state index in [-0.39, 0.29) is 5.92 Å². The molecule has 0 aliphatic heterocycles. The second-order valence-electron chi connectivity index (χ2n) is 6.27. The Bertz CT molecular complexity index is 953. The molecule has 0 amide bonds. The standard InChI is InChI=1S/C18H22BrN5S/c1-5-14-8-6-7-9-15(14)24-17(20-21-18(24)25)11(2)10-23-13(4)16(19)12(3)22-23/h6-9,11H,5,10H2,1-4H3,(H,21,25)/t11-/m1/s1. The molecule has 3 aromatic rings. The van der Waals surface area contributed by atoms with Gasteiger partial charge in [-0.2, -0.15) is 10.2 Å². The number of aromatic amines is 1. The SMILES string of the molecule is CCc1ccccc1-n1c([C@H](C)Cn2nc(C)c(Br)c2C)n[nH]c1=S.